The molecule has 0 radical (unpaired) electrons. The molecule has 0 unspecified atom stereocenters. The van der Waals surface area contributed by atoms with E-state index >= 15 is 0 Å². The van der Waals surface area contributed by atoms with Crippen molar-refractivity contribution in [2.45, 2.75) is 38.9 Å². The predicted octanol–water partition coefficient (Wildman–Crippen LogP) is 2.96. The van der Waals surface area contributed by atoms with Crippen LogP contribution in [0.25, 0.3) is 0 Å². The third-order valence-electron chi connectivity index (χ3n) is 5.28. The summed E-state index contributed by atoms with van der Waals surface area (Å²) in [4.78, 5) is 28.9. The number of hydrogen-bond donors (Lipinski definition) is 0. The monoisotopic (exact) mass is 380 g/mol. The smallest absolute Gasteiger partial charge is 0.245 e. The summed E-state index contributed by atoms with van der Waals surface area (Å²) >= 11 is 0. The number of carbonyl (C=O) groups excluding carboxylic acids is 2. The number of amides is 2. The average molecular weight is 380 g/mol. The molecule has 0 aromatic heterocycles. The summed E-state index contributed by atoms with van der Waals surface area (Å²) < 4.78 is 10.8. The fourth-order valence-corrected chi connectivity index (χ4v) is 3.89. The van der Waals surface area contributed by atoms with E-state index in [2.05, 4.69) is 0 Å². The highest BCUT2D eigenvalue weighted by Crippen LogP contribution is 2.33. The summed E-state index contributed by atoms with van der Waals surface area (Å²) in [6, 6.07) is 15.3. The topological polar surface area (TPSA) is 59.1 Å². The molecule has 0 N–H and O–H groups in total. The van der Waals surface area contributed by atoms with Gasteiger partial charge in [0.05, 0.1) is 0 Å². The Kier molecular flexibility index (Phi) is 5.19. The maximum absolute atomic E-state index is 13.4. The van der Waals surface area contributed by atoms with Crippen LogP contribution in [0.15, 0.2) is 48.5 Å². The molecule has 1 fully saturated rings. The van der Waals surface area contributed by atoms with Gasteiger partial charge in [0, 0.05) is 26.6 Å². The summed E-state index contributed by atoms with van der Waals surface area (Å²) in [6.07, 6.45) is 1.57. The molecule has 1 atom stereocenters. The van der Waals surface area contributed by atoms with Crippen LogP contribution in [0.5, 0.6) is 11.5 Å². The maximum Gasteiger partial charge on any atom is 0.245 e. The number of carbonyl (C=O) groups is 2. The lowest BCUT2D eigenvalue weighted by Crippen LogP contribution is -2.46. The van der Waals surface area contributed by atoms with E-state index in [-0.39, 0.29) is 24.6 Å². The standard InChI is InChI=1S/C22H24N2O4/c1-16(25)24-11-5-8-19(24)22(26)23(13-17-6-3-2-4-7-17)14-18-9-10-20-21(12-18)28-15-27-20/h2-4,6-7,9-10,12,19H,5,8,11,13-15H2,1H3/t19-/m1/s1. The lowest BCUT2D eigenvalue weighted by molar-refractivity contribution is -0.143. The van der Waals surface area contributed by atoms with E-state index in [0.29, 0.717) is 31.8 Å². The zero-order chi connectivity index (χ0) is 19.5. The molecule has 0 aliphatic carbocycles. The first kappa shape index (κ1) is 18.3. The molecule has 6 heteroatoms. The van der Waals surface area contributed by atoms with Gasteiger partial charge in [-0.05, 0) is 36.1 Å². The minimum absolute atomic E-state index is 0.00535. The van der Waals surface area contributed by atoms with E-state index in [1.54, 1.807) is 4.90 Å². The van der Waals surface area contributed by atoms with Crippen LogP contribution in [-0.2, 0) is 22.7 Å². The molecule has 2 aromatic rings. The minimum atomic E-state index is -0.379. The van der Waals surface area contributed by atoms with Crippen molar-refractivity contribution in [3.8, 4) is 11.5 Å². The second-order valence-corrected chi connectivity index (χ2v) is 7.24. The molecule has 6 nitrogen and oxygen atoms in total. The molecule has 0 spiro atoms. The number of rotatable bonds is 5. The van der Waals surface area contributed by atoms with Crippen molar-refractivity contribution < 1.29 is 19.1 Å². The molecule has 2 heterocycles. The fraction of sp³-hybridized carbons (Fsp3) is 0.364. The van der Waals surface area contributed by atoms with E-state index in [4.69, 9.17) is 9.47 Å². The molecule has 4 rings (SSSR count). The van der Waals surface area contributed by atoms with E-state index < -0.39 is 0 Å². The van der Waals surface area contributed by atoms with Crippen molar-refractivity contribution in [2.75, 3.05) is 13.3 Å². The van der Waals surface area contributed by atoms with Crippen LogP contribution in [0.4, 0.5) is 0 Å². The maximum atomic E-state index is 13.4. The van der Waals surface area contributed by atoms with Crippen LogP contribution in [0.2, 0.25) is 0 Å². The highest BCUT2D eigenvalue weighted by molar-refractivity contribution is 5.87. The third kappa shape index (κ3) is 3.81. The SMILES string of the molecule is CC(=O)N1CCC[C@@H]1C(=O)N(Cc1ccccc1)Cc1ccc2c(c1)OCO2. The Labute approximate surface area is 164 Å². The lowest BCUT2D eigenvalue weighted by atomic mass is 10.1. The van der Waals surface area contributed by atoms with Crippen LogP contribution in [0.1, 0.15) is 30.9 Å². The van der Waals surface area contributed by atoms with Gasteiger partial charge >= 0.3 is 0 Å². The van der Waals surface area contributed by atoms with Gasteiger partial charge in [0.25, 0.3) is 0 Å². The van der Waals surface area contributed by atoms with E-state index in [1.807, 2.05) is 53.4 Å². The number of nitrogens with zero attached hydrogens (tertiary/aromatic N) is 2. The van der Waals surface area contributed by atoms with Gasteiger partial charge in [-0.15, -0.1) is 0 Å². The number of fused-ring (bicyclic) bond motifs is 1. The second-order valence-electron chi connectivity index (χ2n) is 7.24. The van der Waals surface area contributed by atoms with Crippen LogP contribution < -0.4 is 9.47 Å². The highest BCUT2D eigenvalue weighted by Gasteiger charge is 2.35. The van der Waals surface area contributed by atoms with Gasteiger partial charge in [0.1, 0.15) is 6.04 Å². The number of benzene rings is 2. The normalized spacial score (nSPS) is 17.6. The van der Waals surface area contributed by atoms with E-state index in [0.717, 1.165) is 23.3 Å². The summed E-state index contributed by atoms with van der Waals surface area (Å²) in [5.41, 5.74) is 2.03. The molecular formula is C22H24N2O4. The van der Waals surface area contributed by atoms with Gasteiger partial charge in [-0.2, -0.15) is 0 Å². The second kappa shape index (κ2) is 7.92. The summed E-state index contributed by atoms with van der Waals surface area (Å²) in [6.45, 7) is 3.35. The van der Waals surface area contributed by atoms with Gasteiger partial charge in [-0.3, -0.25) is 9.59 Å². The first-order chi connectivity index (χ1) is 13.6. The predicted molar refractivity (Wildman–Crippen MR) is 104 cm³/mol. The van der Waals surface area contributed by atoms with Crippen molar-refractivity contribution in [3.05, 3.63) is 59.7 Å². The van der Waals surface area contributed by atoms with Gasteiger partial charge in [0.15, 0.2) is 11.5 Å². The van der Waals surface area contributed by atoms with E-state index in [9.17, 15) is 9.59 Å². The van der Waals surface area contributed by atoms with Gasteiger partial charge in [-0.1, -0.05) is 36.4 Å². The van der Waals surface area contributed by atoms with E-state index in [1.165, 1.54) is 6.92 Å². The molecule has 0 saturated carbocycles. The highest BCUT2D eigenvalue weighted by atomic mass is 16.7. The first-order valence-electron chi connectivity index (χ1n) is 9.60. The fourth-order valence-electron chi connectivity index (χ4n) is 3.89. The Hall–Kier alpha value is -3.02. The molecule has 2 aliphatic heterocycles. The Morgan fingerprint density at radius 1 is 1.04 bits per heavy atom. The number of likely N-dealkylation sites (tertiary alicyclic amines) is 1. The van der Waals surface area contributed by atoms with Gasteiger partial charge < -0.3 is 19.3 Å². The Morgan fingerprint density at radius 2 is 1.79 bits per heavy atom. The molecule has 2 aromatic carbocycles. The first-order valence-corrected chi connectivity index (χ1v) is 9.60. The molecular weight excluding hydrogens is 356 g/mol. The quantitative estimate of drug-likeness (QED) is 0.800. The van der Waals surface area contributed by atoms with Crippen LogP contribution in [-0.4, -0.2) is 41.0 Å². The van der Waals surface area contributed by atoms with Crippen molar-refractivity contribution in [2.24, 2.45) is 0 Å². The molecule has 2 amide bonds. The van der Waals surface area contributed by atoms with Crippen LogP contribution >= 0.6 is 0 Å². The largest absolute Gasteiger partial charge is 0.454 e. The molecule has 28 heavy (non-hydrogen) atoms. The third-order valence-corrected chi connectivity index (χ3v) is 5.28. The Balaban J connectivity index is 1.58. The van der Waals surface area contributed by atoms with Crippen LogP contribution in [0.3, 0.4) is 0 Å². The van der Waals surface area contributed by atoms with Crippen LogP contribution in [0, 0.1) is 0 Å². The molecule has 2 aliphatic rings. The Bertz CT molecular complexity index is 868. The molecule has 1 saturated heterocycles. The average Bonchev–Trinajstić information content (AvgIpc) is 3.37. The summed E-state index contributed by atoms with van der Waals surface area (Å²) in [5.74, 6) is 1.38. The number of hydrogen-bond acceptors (Lipinski definition) is 4. The van der Waals surface area contributed by atoms with Gasteiger partial charge in [0.2, 0.25) is 18.6 Å². The van der Waals surface area contributed by atoms with Crippen molar-refractivity contribution in [1.82, 2.24) is 9.80 Å². The summed E-state index contributed by atoms with van der Waals surface area (Å²) in [5, 5.41) is 0. The van der Waals surface area contributed by atoms with Crippen molar-refractivity contribution in [3.63, 3.8) is 0 Å². The van der Waals surface area contributed by atoms with Crippen molar-refractivity contribution >= 4 is 11.8 Å². The minimum Gasteiger partial charge on any atom is -0.454 e. The zero-order valence-corrected chi connectivity index (χ0v) is 16.0. The molecule has 146 valence electrons. The lowest BCUT2D eigenvalue weighted by Gasteiger charge is -2.30. The molecule has 0 bridgehead atoms. The number of ether oxygens (including phenoxy) is 2. The van der Waals surface area contributed by atoms with Crippen molar-refractivity contribution in [1.29, 1.82) is 0 Å². The zero-order valence-electron chi connectivity index (χ0n) is 16.0. The summed E-state index contributed by atoms with van der Waals surface area (Å²) in [7, 11) is 0. The van der Waals surface area contributed by atoms with Gasteiger partial charge in [-0.25, -0.2) is 0 Å². The Morgan fingerprint density at radius 3 is 2.57 bits per heavy atom.